The third kappa shape index (κ3) is 3.85. The van der Waals surface area contributed by atoms with E-state index >= 15 is 0 Å². The summed E-state index contributed by atoms with van der Waals surface area (Å²) in [6.45, 7) is 5.60. The molecule has 0 aliphatic carbocycles. The van der Waals surface area contributed by atoms with E-state index in [9.17, 15) is 0 Å². The van der Waals surface area contributed by atoms with Gasteiger partial charge in [0.05, 0.1) is 30.5 Å². The van der Waals surface area contributed by atoms with E-state index in [2.05, 4.69) is 15.2 Å². The molecule has 0 aromatic carbocycles. The molecular formula is C13H25N5O3. The van der Waals surface area contributed by atoms with Gasteiger partial charge in [-0.1, -0.05) is 5.16 Å². The first-order valence-electron chi connectivity index (χ1n) is 6.73. The summed E-state index contributed by atoms with van der Waals surface area (Å²) in [6, 6.07) is 0.0881. The van der Waals surface area contributed by atoms with E-state index in [1.165, 1.54) is 0 Å². The number of oxime groups is 1. The molecule has 0 radical (unpaired) electrons. The molecule has 21 heavy (non-hydrogen) atoms. The van der Waals surface area contributed by atoms with E-state index in [1.54, 1.807) is 18.9 Å². The maximum atomic E-state index is 9.00. The summed E-state index contributed by atoms with van der Waals surface area (Å²) in [5, 5.41) is 16.5. The highest BCUT2D eigenvalue weighted by Gasteiger charge is 2.25. The maximum Gasteiger partial charge on any atom is 0.175 e. The number of hydrogen-bond donors (Lipinski definition) is 2. The minimum Gasteiger partial charge on any atom is -0.409 e. The molecule has 0 saturated carbocycles. The van der Waals surface area contributed by atoms with Crippen molar-refractivity contribution in [3.8, 4) is 0 Å². The van der Waals surface area contributed by atoms with Crippen LogP contribution < -0.4 is 10.6 Å². The highest BCUT2D eigenvalue weighted by Crippen LogP contribution is 2.25. The Balaban J connectivity index is 3.29. The minimum absolute atomic E-state index is 0.0441. The summed E-state index contributed by atoms with van der Waals surface area (Å²) in [7, 11) is 5.14. The standard InChI is InChI=1S/C13H25N5O3/c1-9(8-21-5)18(6-7-20-4)13-11(12(14)16-19)10(2)15-17(13)3/h9,19H,6-8H2,1-5H3,(H2,14,16). The molecule has 0 amide bonds. The lowest BCUT2D eigenvalue weighted by Crippen LogP contribution is -2.41. The highest BCUT2D eigenvalue weighted by molar-refractivity contribution is 6.02. The monoisotopic (exact) mass is 299 g/mol. The predicted molar refractivity (Wildman–Crippen MR) is 81.0 cm³/mol. The number of amidine groups is 1. The highest BCUT2D eigenvalue weighted by atomic mass is 16.5. The summed E-state index contributed by atoms with van der Waals surface area (Å²) in [5.41, 5.74) is 7.13. The molecule has 0 spiro atoms. The SMILES string of the molecule is COCCN(c1c(C(N)=NO)c(C)nn1C)C(C)COC. The molecule has 1 aromatic rings. The number of nitrogens with two attached hydrogens (primary N) is 1. The Morgan fingerprint density at radius 3 is 2.67 bits per heavy atom. The normalized spacial score (nSPS) is 13.5. The number of anilines is 1. The molecular weight excluding hydrogens is 274 g/mol. The van der Waals surface area contributed by atoms with Gasteiger partial charge in [0.15, 0.2) is 5.84 Å². The minimum atomic E-state index is 0.0441. The Hall–Kier alpha value is -1.80. The average Bonchev–Trinajstić information content (AvgIpc) is 2.74. The Labute approximate surface area is 125 Å². The van der Waals surface area contributed by atoms with Crippen LogP contribution in [0.3, 0.4) is 0 Å². The first kappa shape index (κ1) is 17.3. The van der Waals surface area contributed by atoms with Crippen LogP contribution in [0.25, 0.3) is 0 Å². The van der Waals surface area contributed by atoms with Crippen LogP contribution in [0.1, 0.15) is 18.2 Å². The second-order valence-corrected chi connectivity index (χ2v) is 4.88. The van der Waals surface area contributed by atoms with Crippen LogP contribution in [-0.2, 0) is 16.5 Å². The van der Waals surface area contributed by atoms with Gasteiger partial charge in [0.25, 0.3) is 0 Å². The Kier molecular flexibility index (Phi) is 6.44. The van der Waals surface area contributed by atoms with Crippen molar-refractivity contribution < 1.29 is 14.7 Å². The van der Waals surface area contributed by atoms with E-state index in [1.807, 2.05) is 20.9 Å². The van der Waals surface area contributed by atoms with Gasteiger partial charge in [-0.2, -0.15) is 5.10 Å². The van der Waals surface area contributed by atoms with Crippen molar-refractivity contribution in [2.75, 3.05) is 38.9 Å². The smallest absolute Gasteiger partial charge is 0.175 e. The first-order valence-corrected chi connectivity index (χ1v) is 6.73. The zero-order valence-electron chi connectivity index (χ0n) is 13.3. The lowest BCUT2D eigenvalue weighted by atomic mass is 10.2. The lowest BCUT2D eigenvalue weighted by Gasteiger charge is -2.31. The third-order valence-electron chi connectivity index (χ3n) is 3.30. The molecule has 1 aromatic heterocycles. The van der Waals surface area contributed by atoms with Gasteiger partial charge < -0.3 is 25.3 Å². The van der Waals surface area contributed by atoms with Crippen molar-refractivity contribution in [1.29, 1.82) is 0 Å². The van der Waals surface area contributed by atoms with Gasteiger partial charge in [-0.25, -0.2) is 0 Å². The van der Waals surface area contributed by atoms with Crippen molar-refractivity contribution in [3.63, 3.8) is 0 Å². The average molecular weight is 299 g/mol. The Morgan fingerprint density at radius 1 is 1.48 bits per heavy atom. The van der Waals surface area contributed by atoms with Crippen molar-refractivity contribution in [2.45, 2.75) is 19.9 Å². The third-order valence-corrected chi connectivity index (χ3v) is 3.30. The van der Waals surface area contributed by atoms with Crippen LogP contribution in [0.15, 0.2) is 5.16 Å². The van der Waals surface area contributed by atoms with Crippen LogP contribution in [0.2, 0.25) is 0 Å². The number of rotatable bonds is 8. The Morgan fingerprint density at radius 2 is 2.14 bits per heavy atom. The largest absolute Gasteiger partial charge is 0.409 e. The molecule has 0 saturated heterocycles. The molecule has 0 fully saturated rings. The number of nitrogens with zero attached hydrogens (tertiary/aromatic N) is 4. The molecule has 8 nitrogen and oxygen atoms in total. The van der Waals surface area contributed by atoms with E-state index in [0.29, 0.717) is 31.0 Å². The number of hydrogen-bond acceptors (Lipinski definition) is 6. The van der Waals surface area contributed by atoms with Gasteiger partial charge in [0.1, 0.15) is 5.82 Å². The molecule has 0 aliphatic heterocycles. The number of aryl methyl sites for hydroxylation is 2. The van der Waals surface area contributed by atoms with E-state index < -0.39 is 0 Å². The summed E-state index contributed by atoms with van der Waals surface area (Å²) in [6.07, 6.45) is 0. The zero-order valence-corrected chi connectivity index (χ0v) is 13.3. The van der Waals surface area contributed by atoms with Gasteiger partial charge in [-0.3, -0.25) is 4.68 Å². The number of aromatic nitrogens is 2. The van der Waals surface area contributed by atoms with E-state index in [-0.39, 0.29) is 11.9 Å². The molecule has 1 rings (SSSR count). The van der Waals surface area contributed by atoms with Crippen molar-refractivity contribution in [2.24, 2.45) is 17.9 Å². The van der Waals surface area contributed by atoms with Gasteiger partial charge in [0, 0.05) is 27.8 Å². The van der Waals surface area contributed by atoms with Crippen molar-refractivity contribution in [3.05, 3.63) is 11.3 Å². The molecule has 8 heteroatoms. The molecule has 3 N–H and O–H groups in total. The van der Waals surface area contributed by atoms with E-state index in [4.69, 9.17) is 20.4 Å². The van der Waals surface area contributed by atoms with Crippen LogP contribution in [0.5, 0.6) is 0 Å². The molecule has 1 heterocycles. The second-order valence-electron chi connectivity index (χ2n) is 4.88. The fraction of sp³-hybridized carbons (Fsp3) is 0.692. The molecule has 1 atom stereocenters. The van der Waals surface area contributed by atoms with Crippen LogP contribution in [0, 0.1) is 6.92 Å². The number of methoxy groups -OCH3 is 2. The lowest BCUT2D eigenvalue weighted by molar-refractivity contribution is 0.170. The fourth-order valence-corrected chi connectivity index (χ4v) is 2.38. The summed E-state index contributed by atoms with van der Waals surface area (Å²) in [4.78, 5) is 2.08. The molecule has 0 bridgehead atoms. The van der Waals surface area contributed by atoms with Crippen molar-refractivity contribution >= 4 is 11.7 Å². The summed E-state index contributed by atoms with van der Waals surface area (Å²) in [5.74, 6) is 0.826. The Bertz CT molecular complexity index is 486. The summed E-state index contributed by atoms with van der Waals surface area (Å²) < 4.78 is 12.1. The first-order chi connectivity index (χ1) is 9.97. The molecule has 120 valence electrons. The topological polar surface area (TPSA) is 98.1 Å². The summed E-state index contributed by atoms with van der Waals surface area (Å²) >= 11 is 0. The number of ether oxygens (including phenoxy) is 2. The van der Waals surface area contributed by atoms with Gasteiger partial charge in [-0.05, 0) is 13.8 Å². The van der Waals surface area contributed by atoms with Crippen LogP contribution in [-0.4, -0.2) is 60.8 Å². The molecule has 1 unspecified atom stereocenters. The van der Waals surface area contributed by atoms with Crippen LogP contribution in [0.4, 0.5) is 5.82 Å². The second kappa shape index (κ2) is 7.84. The van der Waals surface area contributed by atoms with Gasteiger partial charge in [0.2, 0.25) is 0 Å². The maximum absolute atomic E-state index is 9.00. The van der Waals surface area contributed by atoms with Crippen molar-refractivity contribution in [1.82, 2.24) is 9.78 Å². The van der Waals surface area contributed by atoms with Crippen LogP contribution >= 0.6 is 0 Å². The zero-order chi connectivity index (χ0) is 16.0. The quantitative estimate of drug-likeness (QED) is 0.310. The van der Waals surface area contributed by atoms with Gasteiger partial charge >= 0.3 is 0 Å². The van der Waals surface area contributed by atoms with E-state index in [0.717, 1.165) is 5.82 Å². The molecule has 0 aliphatic rings. The fourth-order valence-electron chi connectivity index (χ4n) is 2.38. The predicted octanol–water partition coefficient (Wildman–Crippen LogP) is 0.311. The van der Waals surface area contributed by atoms with Gasteiger partial charge in [-0.15, -0.1) is 0 Å².